The van der Waals surface area contributed by atoms with Crippen LogP contribution in [0, 0.1) is 5.41 Å². The Morgan fingerprint density at radius 3 is 2.57 bits per heavy atom. The van der Waals surface area contributed by atoms with Crippen molar-refractivity contribution in [3.63, 3.8) is 0 Å². The van der Waals surface area contributed by atoms with E-state index in [-0.39, 0.29) is 28.3 Å². The summed E-state index contributed by atoms with van der Waals surface area (Å²) in [5.41, 5.74) is 3.56. The van der Waals surface area contributed by atoms with Gasteiger partial charge in [0.25, 0.3) is 0 Å². The van der Waals surface area contributed by atoms with Gasteiger partial charge < -0.3 is 5.32 Å². The molecule has 0 saturated heterocycles. The summed E-state index contributed by atoms with van der Waals surface area (Å²) in [7, 11) is 0. The van der Waals surface area contributed by atoms with Gasteiger partial charge in [0.15, 0.2) is 5.78 Å². The Balaban J connectivity index is 1.45. The Morgan fingerprint density at radius 1 is 1.18 bits per heavy atom. The fourth-order valence-corrected chi connectivity index (χ4v) is 5.26. The first-order valence-electron chi connectivity index (χ1n) is 9.51. The van der Waals surface area contributed by atoms with E-state index in [1.54, 1.807) is 24.3 Å². The molecule has 1 amide bonds. The highest BCUT2D eigenvalue weighted by Crippen LogP contribution is 2.66. The summed E-state index contributed by atoms with van der Waals surface area (Å²) in [6.45, 7) is 8.33. The number of hydrogen-bond acceptors (Lipinski definition) is 6. The predicted molar refractivity (Wildman–Crippen MR) is 109 cm³/mol. The number of aromatic nitrogens is 3. The highest BCUT2D eigenvalue weighted by atomic mass is 32.2. The molecule has 0 radical (unpaired) electrons. The SMILES string of the molecule is CC(=O)Nc1ccc(C(=O)CSc2nnc3c(n2)[C@]2(C)CC[C@H]3C2(C)C)cc1. The molecule has 2 aliphatic carbocycles. The number of carbonyl (C=O) groups excluding carboxylic acids is 2. The van der Waals surface area contributed by atoms with Crippen molar-refractivity contribution in [2.75, 3.05) is 11.1 Å². The standard InChI is InChI=1S/C21H24N4O2S/c1-12(26)22-14-7-5-13(6-8-14)16(27)11-28-19-23-18-17(24-25-19)15-9-10-21(18,4)20(15,2)3/h5-8,15H,9-11H2,1-4H3,(H,22,26)/t15-,21+/m1/s1. The second-order valence-corrected chi connectivity index (χ2v) is 9.39. The van der Waals surface area contributed by atoms with E-state index in [1.165, 1.54) is 18.7 Å². The molecular formula is C21H24N4O2S. The molecule has 2 atom stereocenters. The zero-order valence-electron chi connectivity index (χ0n) is 16.6. The minimum absolute atomic E-state index is 0.00321. The van der Waals surface area contributed by atoms with E-state index >= 15 is 0 Å². The number of nitrogens with zero attached hydrogens (tertiary/aromatic N) is 3. The molecule has 1 heterocycles. The third-order valence-electron chi connectivity index (χ3n) is 6.63. The Labute approximate surface area is 168 Å². The second kappa shape index (κ2) is 6.65. The van der Waals surface area contributed by atoms with Crippen LogP contribution in [0.4, 0.5) is 5.69 Å². The van der Waals surface area contributed by atoms with E-state index in [4.69, 9.17) is 4.98 Å². The Bertz CT molecular complexity index is 957. The van der Waals surface area contributed by atoms with E-state index < -0.39 is 0 Å². The second-order valence-electron chi connectivity index (χ2n) is 8.44. The largest absolute Gasteiger partial charge is 0.326 e. The summed E-state index contributed by atoms with van der Waals surface area (Å²) in [6.07, 6.45) is 2.27. The number of rotatable bonds is 5. The number of anilines is 1. The van der Waals surface area contributed by atoms with Crippen LogP contribution in [-0.4, -0.2) is 32.6 Å². The highest BCUT2D eigenvalue weighted by Gasteiger charge is 2.61. The number of ketones is 1. The fraction of sp³-hybridized carbons (Fsp3) is 0.476. The Hall–Kier alpha value is -2.28. The molecule has 0 unspecified atom stereocenters. The first kappa shape index (κ1) is 19.1. The average Bonchev–Trinajstić information content (AvgIpc) is 2.98. The number of Topliss-reactive ketones (excluding diaryl/α,β-unsaturated/α-hetero) is 1. The van der Waals surface area contributed by atoms with Crippen LogP contribution in [0.5, 0.6) is 0 Å². The molecule has 28 heavy (non-hydrogen) atoms. The lowest BCUT2D eigenvalue weighted by Gasteiger charge is -2.33. The molecule has 0 spiro atoms. The number of thioether (sulfide) groups is 1. The summed E-state index contributed by atoms with van der Waals surface area (Å²) in [6, 6.07) is 6.90. The van der Waals surface area contributed by atoms with Gasteiger partial charge in [-0.15, -0.1) is 5.10 Å². The number of hydrogen-bond donors (Lipinski definition) is 1. The van der Waals surface area contributed by atoms with Gasteiger partial charge in [-0.3, -0.25) is 9.59 Å². The van der Waals surface area contributed by atoms with Crippen LogP contribution in [0.15, 0.2) is 29.4 Å². The van der Waals surface area contributed by atoms with E-state index in [1.807, 2.05) is 0 Å². The van der Waals surface area contributed by atoms with Gasteiger partial charge >= 0.3 is 0 Å². The Morgan fingerprint density at radius 2 is 1.89 bits per heavy atom. The van der Waals surface area contributed by atoms with Crippen molar-refractivity contribution in [3.05, 3.63) is 41.2 Å². The van der Waals surface area contributed by atoms with Gasteiger partial charge in [0.05, 0.1) is 17.1 Å². The van der Waals surface area contributed by atoms with Gasteiger partial charge in [0, 0.05) is 29.5 Å². The normalized spacial score (nSPS) is 24.1. The minimum Gasteiger partial charge on any atom is -0.326 e. The van der Waals surface area contributed by atoms with Crippen molar-refractivity contribution < 1.29 is 9.59 Å². The molecule has 2 aromatic rings. The average molecular weight is 397 g/mol. The molecule has 2 bridgehead atoms. The number of benzene rings is 1. The van der Waals surface area contributed by atoms with Crippen LogP contribution in [0.1, 0.15) is 68.2 Å². The zero-order chi connectivity index (χ0) is 20.1. The summed E-state index contributed by atoms with van der Waals surface area (Å²) < 4.78 is 0. The maximum Gasteiger partial charge on any atom is 0.221 e. The maximum atomic E-state index is 12.5. The fourth-order valence-electron chi connectivity index (χ4n) is 4.58. The van der Waals surface area contributed by atoms with Crippen LogP contribution in [0.25, 0.3) is 0 Å². The van der Waals surface area contributed by atoms with E-state index in [2.05, 4.69) is 36.3 Å². The topological polar surface area (TPSA) is 84.8 Å². The monoisotopic (exact) mass is 396 g/mol. The van der Waals surface area contributed by atoms with Crippen molar-refractivity contribution in [2.45, 2.75) is 57.0 Å². The van der Waals surface area contributed by atoms with Gasteiger partial charge in [0.2, 0.25) is 11.1 Å². The molecule has 7 heteroatoms. The molecule has 1 fully saturated rings. The van der Waals surface area contributed by atoms with Crippen LogP contribution in [0.2, 0.25) is 0 Å². The van der Waals surface area contributed by atoms with Gasteiger partial charge in [-0.1, -0.05) is 32.5 Å². The lowest BCUT2D eigenvalue weighted by atomic mass is 9.70. The van der Waals surface area contributed by atoms with Gasteiger partial charge in [-0.25, -0.2) is 4.98 Å². The minimum atomic E-state index is -0.138. The number of nitrogens with one attached hydrogen (secondary N) is 1. The third kappa shape index (κ3) is 2.92. The van der Waals surface area contributed by atoms with Crippen molar-refractivity contribution in [2.24, 2.45) is 5.41 Å². The van der Waals surface area contributed by atoms with Gasteiger partial charge in [0.1, 0.15) is 0 Å². The lowest BCUT2D eigenvalue weighted by Crippen LogP contribution is -2.32. The molecule has 1 aromatic heterocycles. The van der Waals surface area contributed by atoms with Gasteiger partial charge in [-0.2, -0.15) is 5.10 Å². The summed E-state index contributed by atoms with van der Waals surface area (Å²) in [5, 5.41) is 12.0. The van der Waals surface area contributed by atoms with Crippen molar-refractivity contribution >= 4 is 29.1 Å². The molecule has 146 valence electrons. The van der Waals surface area contributed by atoms with Crippen molar-refractivity contribution in [1.29, 1.82) is 0 Å². The number of amides is 1. The molecule has 6 nitrogen and oxygen atoms in total. The smallest absolute Gasteiger partial charge is 0.221 e. The maximum absolute atomic E-state index is 12.5. The molecule has 4 rings (SSSR count). The van der Waals surface area contributed by atoms with Gasteiger partial charge in [-0.05, 0) is 42.5 Å². The first-order chi connectivity index (χ1) is 13.2. The van der Waals surface area contributed by atoms with Crippen molar-refractivity contribution in [1.82, 2.24) is 15.2 Å². The van der Waals surface area contributed by atoms with E-state index in [0.717, 1.165) is 24.2 Å². The quantitative estimate of drug-likeness (QED) is 0.608. The molecule has 2 aliphatic rings. The number of carbonyl (C=O) groups is 2. The lowest BCUT2D eigenvalue weighted by molar-refractivity contribution is -0.114. The number of fused-ring (bicyclic) bond motifs is 5. The molecule has 0 aliphatic heterocycles. The summed E-state index contributed by atoms with van der Waals surface area (Å²) in [4.78, 5) is 28.4. The predicted octanol–water partition coefficient (Wildman–Crippen LogP) is 3.98. The highest BCUT2D eigenvalue weighted by molar-refractivity contribution is 7.99. The zero-order valence-corrected chi connectivity index (χ0v) is 17.4. The van der Waals surface area contributed by atoms with Crippen LogP contribution < -0.4 is 5.32 Å². The summed E-state index contributed by atoms with van der Waals surface area (Å²) in [5.74, 6) is 0.539. The molecule has 1 N–H and O–H groups in total. The molecule has 1 aromatic carbocycles. The van der Waals surface area contributed by atoms with Crippen LogP contribution in [0.3, 0.4) is 0 Å². The van der Waals surface area contributed by atoms with Crippen LogP contribution >= 0.6 is 11.8 Å². The van der Waals surface area contributed by atoms with E-state index in [9.17, 15) is 9.59 Å². The molecule has 1 saturated carbocycles. The Kier molecular flexibility index (Phi) is 4.53. The molecular weight excluding hydrogens is 372 g/mol. The van der Waals surface area contributed by atoms with Crippen LogP contribution in [-0.2, 0) is 10.2 Å². The van der Waals surface area contributed by atoms with E-state index in [0.29, 0.717) is 22.3 Å². The summed E-state index contributed by atoms with van der Waals surface area (Å²) >= 11 is 1.33. The third-order valence-corrected chi connectivity index (χ3v) is 7.47. The van der Waals surface area contributed by atoms with Crippen molar-refractivity contribution in [3.8, 4) is 0 Å². The first-order valence-corrected chi connectivity index (χ1v) is 10.5.